The fourth-order valence-electron chi connectivity index (χ4n) is 2.51. The van der Waals surface area contributed by atoms with E-state index >= 15 is 0 Å². The summed E-state index contributed by atoms with van der Waals surface area (Å²) < 4.78 is 5.75. The molecule has 0 fully saturated rings. The number of halogens is 1. The minimum Gasteiger partial charge on any atom is -0.493 e. The van der Waals surface area contributed by atoms with E-state index in [-0.39, 0.29) is 11.7 Å². The second-order valence-corrected chi connectivity index (χ2v) is 6.23. The van der Waals surface area contributed by atoms with E-state index in [4.69, 9.17) is 16.3 Å². The van der Waals surface area contributed by atoms with E-state index in [2.05, 4.69) is 32.0 Å². The lowest BCUT2D eigenvalue weighted by Crippen LogP contribution is -2.04. The molecule has 22 heavy (non-hydrogen) atoms. The van der Waals surface area contributed by atoms with E-state index < -0.39 is 0 Å². The summed E-state index contributed by atoms with van der Waals surface area (Å²) in [7, 11) is 0. The molecule has 2 nitrogen and oxygen atoms in total. The number of carbonyl (C=O) groups is 1. The van der Waals surface area contributed by atoms with Gasteiger partial charge in [-0.2, -0.15) is 0 Å². The summed E-state index contributed by atoms with van der Waals surface area (Å²) in [4.78, 5) is 10.8. The summed E-state index contributed by atoms with van der Waals surface area (Å²) in [5, 5.41) is -0.344. The van der Waals surface area contributed by atoms with Crippen molar-refractivity contribution < 1.29 is 9.53 Å². The van der Waals surface area contributed by atoms with E-state index in [1.165, 1.54) is 49.7 Å². The van der Waals surface area contributed by atoms with Gasteiger partial charge >= 0.3 is 0 Å². The molecule has 0 heterocycles. The van der Waals surface area contributed by atoms with Gasteiger partial charge in [0.2, 0.25) is 5.24 Å². The largest absolute Gasteiger partial charge is 0.493 e. The average Bonchev–Trinajstić information content (AvgIpc) is 2.49. The van der Waals surface area contributed by atoms with Gasteiger partial charge in [-0.05, 0) is 54.5 Å². The first-order valence-electron chi connectivity index (χ1n) is 8.60. The van der Waals surface area contributed by atoms with Gasteiger partial charge in [-0.1, -0.05) is 51.7 Å². The maximum Gasteiger partial charge on any atom is 0.225 e. The van der Waals surface area contributed by atoms with Crippen molar-refractivity contribution >= 4 is 16.8 Å². The van der Waals surface area contributed by atoms with Crippen LogP contribution in [-0.2, 0) is 17.6 Å². The number of ether oxygens (including phenoxy) is 1. The van der Waals surface area contributed by atoms with Gasteiger partial charge in [-0.3, -0.25) is 4.79 Å². The predicted octanol–water partition coefficient (Wildman–Crippen LogP) is 5.69. The molecule has 0 aliphatic rings. The Kier molecular flexibility index (Phi) is 9.98. The van der Waals surface area contributed by atoms with Crippen LogP contribution in [-0.4, -0.2) is 11.8 Å². The molecule has 0 aromatic heterocycles. The summed E-state index contributed by atoms with van der Waals surface area (Å²) >= 11 is 5.36. The normalized spacial score (nSPS) is 10.7. The Bertz CT molecular complexity index is 443. The molecule has 0 unspecified atom stereocenters. The van der Waals surface area contributed by atoms with E-state index in [1.807, 2.05) is 0 Å². The molecule has 1 rings (SSSR count). The van der Waals surface area contributed by atoms with Gasteiger partial charge in [-0.25, -0.2) is 0 Å². The number of hydrogen-bond donors (Lipinski definition) is 0. The molecule has 124 valence electrons. The zero-order valence-electron chi connectivity index (χ0n) is 14.0. The SMILES string of the molecule is CCCCCc1ccc(OCCC(=O)Cl)c(CCCCC)c1. The van der Waals surface area contributed by atoms with Crippen molar-refractivity contribution in [2.75, 3.05) is 6.61 Å². The molecule has 3 heteroatoms. The molecule has 1 aromatic carbocycles. The fraction of sp³-hybridized carbons (Fsp3) is 0.632. The molecular weight excluding hydrogens is 296 g/mol. The maximum absolute atomic E-state index is 10.8. The Labute approximate surface area is 140 Å². The van der Waals surface area contributed by atoms with Gasteiger partial charge in [-0.15, -0.1) is 0 Å². The Balaban J connectivity index is 2.68. The van der Waals surface area contributed by atoms with Crippen LogP contribution in [0.2, 0.25) is 0 Å². The van der Waals surface area contributed by atoms with Crippen molar-refractivity contribution in [2.45, 2.75) is 71.6 Å². The zero-order valence-corrected chi connectivity index (χ0v) is 14.8. The molecule has 0 radical (unpaired) electrons. The van der Waals surface area contributed by atoms with Crippen molar-refractivity contribution in [3.8, 4) is 5.75 Å². The molecule has 0 aliphatic carbocycles. The van der Waals surface area contributed by atoms with E-state index in [0.29, 0.717) is 6.61 Å². The molecule has 0 saturated heterocycles. The summed E-state index contributed by atoms with van der Waals surface area (Å²) in [5.41, 5.74) is 2.66. The summed E-state index contributed by atoms with van der Waals surface area (Å²) in [6, 6.07) is 6.49. The van der Waals surface area contributed by atoms with Crippen LogP contribution in [0.3, 0.4) is 0 Å². The second kappa shape index (κ2) is 11.5. The quantitative estimate of drug-likeness (QED) is 0.365. The summed E-state index contributed by atoms with van der Waals surface area (Å²) in [5.74, 6) is 0.910. The fourth-order valence-corrected chi connectivity index (χ4v) is 2.59. The Morgan fingerprint density at radius 2 is 1.73 bits per heavy atom. The van der Waals surface area contributed by atoms with Crippen molar-refractivity contribution in [3.05, 3.63) is 29.3 Å². The lowest BCUT2D eigenvalue weighted by atomic mass is 10.0. The molecule has 0 bridgehead atoms. The number of carbonyl (C=O) groups excluding carboxylic acids is 1. The highest BCUT2D eigenvalue weighted by Crippen LogP contribution is 2.24. The Hall–Kier alpha value is -1.02. The summed E-state index contributed by atoms with van der Waals surface area (Å²) in [6.45, 7) is 4.80. The minimum atomic E-state index is -0.344. The third kappa shape index (κ3) is 7.84. The second-order valence-electron chi connectivity index (χ2n) is 5.81. The third-order valence-electron chi connectivity index (χ3n) is 3.80. The van der Waals surface area contributed by atoms with Crippen molar-refractivity contribution in [1.29, 1.82) is 0 Å². The van der Waals surface area contributed by atoms with Gasteiger partial charge in [0.25, 0.3) is 0 Å². The van der Waals surface area contributed by atoms with Crippen LogP contribution >= 0.6 is 11.6 Å². The maximum atomic E-state index is 10.8. The molecular formula is C19H29ClO2. The minimum absolute atomic E-state index is 0.258. The number of unbranched alkanes of at least 4 members (excludes halogenated alkanes) is 4. The van der Waals surface area contributed by atoms with Crippen LogP contribution in [0.25, 0.3) is 0 Å². The number of rotatable bonds is 12. The van der Waals surface area contributed by atoms with Crippen LogP contribution in [0.4, 0.5) is 0 Å². The molecule has 0 N–H and O–H groups in total. The number of aryl methyl sites for hydroxylation is 2. The molecule has 1 aromatic rings. The molecule has 0 saturated carbocycles. The number of benzene rings is 1. The van der Waals surface area contributed by atoms with E-state index in [1.54, 1.807) is 0 Å². The van der Waals surface area contributed by atoms with Crippen LogP contribution in [0.15, 0.2) is 18.2 Å². The summed E-state index contributed by atoms with van der Waals surface area (Å²) in [6.07, 6.45) is 9.83. The lowest BCUT2D eigenvalue weighted by molar-refractivity contribution is -0.112. The molecule has 0 aliphatic heterocycles. The monoisotopic (exact) mass is 324 g/mol. The van der Waals surface area contributed by atoms with Gasteiger partial charge in [0.15, 0.2) is 0 Å². The van der Waals surface area contributed by atoms with Crippen molar-refractivity contribution in [2.24, 2.45) is 0 Å². The van der Waals surface area contributed by atoms with Gasteiger partial charge in [0, 0.05) is 0 Å². The van der Waals surface area contributed by atoms with E-state index in [9.17, 15) is 4.79 Å². The zero-order chi connectivity index (χ0) is 16.2. The Morgan fingerprint density at radius 1 is 1.05 bits per heavy atom. The lowest BCUT2D eigenvalue weighted by Gasteiger charge is -2.13. The van der Waals surface area contributed by atoms with Crippen LogP contribution < -0.4 is 4.74 Å². The smallest absolute Gasteiger partial charge is 0.225 e. The predicted molar refractivity (Wildman–Crippen MR) is 93.9 cm³/mol. The first-order chi connectivity index (χ1) is 10.7. The average molecular weight is 325 g/mol. The highest BCUT2D eigenvalue weighted by atomic mass is 35.5. The highest BCUT2D eigenvalue weighted by molar-refractivity contribution is 6.63. The van der Waals surface area contributed by atoms with Gasteiger partial charge in [0.05, 0.1) is 13.0 Å². The third-order valence-corrected chi connectivity index (χ3v) is 3.99. The molecule has 0 atom stereocenters. The van der Waals surface area contributed by atoms with E-state index in [0.717, 1.165) is 18.6 Å². The van der Waals surface area contributed by atoms with Crippen LogP contribution in [0.1, 0.15) is 69.9 Å². The molecule has 0 spiro atoms. The van der Waals surface area contributed by atoms with Gasteiger partial charge in [0.1, 0.15) is 5.75 Å². The molecule has 0 amide bonds. The first kappa shape index (κ1) is 19.0. The standard InChI is InChI=1S/C19H29ClO2/c1-3-5-7-9-16-11-12-18(22-14-13-19(20)21)17(15-16)10-8-6-4-2/h11-12,15H,3-10,13-14H2,1-2H3. The Morgan fingerprint density at radius 3 is 2.36 bits per heavy atom. The van der Waals surface area contributed by atoms with Crippen LogP contribution in [0.5, 0.6) is 5.75 Å². The number of hydrogen-bond acceptors (Lipinski definition) is 2. The van der Waals surface area contributed by atoms with Crippen molar-refractivity contribution in [1.82, 2.24) is 0 Å². The first-order valence-corrected chi connectivity index (χ1v) is 8.98. The van der Waals surface area contributed by atoms with Crippen LogP contribution in [0, 0.1) is 0 Å². The topological polar surface area (TPSA) is 26.3 Å². The van der Waals surface area contributed by atoms with Gasteiger partial charge < -0.3 is 4.74 Å². The van der Waals surface area contributed by atoms with Crippen molar-refractivity contribution in [3.63, 3.8) is 0 Å². The highest BCUT2D eigenvalue weighted by Gasteiger charge is 2.07.